The first-order valence-corrected chi connectivity index (χ1v) is 12.3. The number of nitrogens with two attached hydrogens (primary N) is 2. The number of unbranched alkanes of at least 4 members (excludes halogenated alkanes) is 16. The van der Waals surface area contributed by atoms with Gasteiger partial charge in [0.25, 0.3) is 0 Å². The Kier molecular flexibility index (Phi) is 20.1. The highest BCUT2D eigenvalue weighted by molar-refractivity contribution is 4.85. The van der Waals surface area contributed by atoms with E-state index in [9.17, 15) is 0 Å². The van der Waals surface area contributed by atoms with Crippen LogP contribution in [0.2, 0.25) is 0 Å². The molecule has 0 heterocycles. The molecule has 0 rings (SSSR count). The van der Waals surface area contributed by atoms with E-state index in [0.29, 0.717) is 0 Å². The summed E-state index contributed by atoms with van der Waals surface area (Å²) in [5, 5.41) is 0. The molecule has 0 saturated heterocycles. The fraction of sp³-hybridized carbons (Fsp3) is 0.920. The summed E-state index contributed by atoms with van der Waals surface area (Å²) in [5.41, 5.74) is 11.4. The SMILES string of the molecule is CCCCCCCCCCCCCCCCCCC=CCCC(N)(N)CC. The zero-order valence-corrected chi connectivity index (χ0v) is 19.0. The molecule has 162 valence electrons. The first-order chi connectivity index (χ1) is 13.1. The fourth-order valence-corrected chi connectivity index (χ4v) is 3.57. The van der Waals surface area contributed by atoms with Gasteiger partial charge in [-0.3, -0.25) is 0 Å². The maximum absolute atomic E-state index is 5.94. The molecule has 27 heavy (non-hydrogen) atoms. The van der Waals surface area contributed by atoms with Gasteiger partial charge >= 0.3 is 0 Å². The second kappa shape index (κ2) is 20.4. The largest absolute Gasteiger partial charge is 0.313 e. The highest BCUT2D eigenvalue weighted by atomic mass is 14.9. The minimum absolute atomic E-state index is 0.474. The fourth-order valence-electron chi connectivity index (χ4n) is 3.57. The molecule has 0 amide bonds. The molecule has 0 aromatic heterocycles. The van der Waals surface area contributed by atoms with Gasteiger partial charge in [-0.2, -0.15) is 0 Å². The van der Waals surface area contributed by atoms with Gasteiger partial charge in [0.15, 0.2) is 0 Å². The summed E-state index contributed by atoms with van der Waals surface area (Å²) in [6.45, 7) is 4.35. The Balaban J connectivity index is 3.13. The van der Waals surface area contributed by atoms with Gasteiger partial charge < -0.3 is 11.5 Å². The van der Waals surface area contributed by atoms with Gasteiger partial charge in [-0.25, -0.2) is 0 Å². The lowest BCUT2D eigenvalue weighted by molar-refractivity contribution is 0.398. The van der Waals surface area contributed by atoms with E-state index in [0.717, 1.165) is 19.3 Å². The Labute approximate surface area is 171 Å². The molecule has 0 saturated carbocycles. The molecule has 0 aromatic carbocycles. The third-order valence-electron chi connectivity index (χ3n) is 5.83. The Morgan fingerprint density at radius 3 is 1.30 bits per heavy atom. The number of hydrogen-bond donors (Lipinski definition) is 2. The van der Waals surface area contributed by atoms with Crippen molar-refractivity contribution < 1.29 is 0 Å². The van der Waals surface area contributed by atoms with Crippen molar-refractivity contribution in [1.82, 2.24) is 0 Å². The molecule has 0 unspecified atom stereocenters. The molecule has 0 bridgehead atoms. The molecule has 0 spiro atoms. The summed E-state index contributed by atoms with van der Waals surface area (Å²) in [4.78, 5) is 0. The minimum Gasteiger partial charge on any atom is -0.313 e. The average Bonchev–Trinajstić information content (AvgIpc) is 2.66. The van der Waals surface area contributed by atoms with Crippen LogP contribution in [-0.2, 0) is 0 Å². The van der Waals surface area contributed by atoms with E-state index in [2.05, 4.69) is 26.0 Å². The monoisotopic (exact) mass is 380 g/mol. The molecule has 0 aromatic rings. The van der Waals surface area contributed by atoms with Crippen LogP contribution >= 0.6 is 0 Å². The van der Waals surface area contributed by atoms with Crippen LogP contribution in [0.3, 0.4) is 0 Å². The van der Waals surface area contributed by atoms with Gasteiger partial charge in [-0.1, -0.05) is 122 Å². The van der Waals surface area contributed by atoms with E-state index in [4.69, 9.17) is 11.5 Å². The summed E-state index contributed by atoms with van der Waals surface area (Å²) in [6.07, 6.45) is 31.5. The molecule has 0 aliphatic heterocycles. The van der Waals surface area contributed by atoms with E-state index in [1.807, 2.05) is 0 Å². The van der Waals surface area contributed by atoms with Crippen molar-refractivity contribution in [2.45, 2.75) is 148 Å². The van der Waals surface area contributed by atoms with Gasteiger partial charge in [0.05, 0.1) is 5.66 Å². The maximum atomic E-state index is 5.94. The number of rotatable bonds is 21. The van der Waals surface area contributed by atoms with Crippen molar-refractivity contribution in [2.24, 2.45) is 11.5 Å². The van der Waals surface area contributed by atoms with Crippen LogP contribution in [0.5, 0.6) is 0 Å². The van der Waals surface area contributed by atoms with Crippen molar-refractivity contribution in [2.75, 3.05) is 0 Å². The van der Waals surface area contributed by atoms with Gasteiger partial charge in [0.2, 0.25) is 0 Å². The van der Waals surface area contributed by atoms with Crippen LogP contribution in [0.4, 0.5) is 0 Å². The summed E-state index contributed by atoms with van der Waals surface area (Å²) in [7, 11) is 0. The molecule has 2 nitrogen and oxygen atoms in total. The average molecular weight is 381 g/mol. The Morgan fingerprint density at radius 1 is 0.519 bits per heavy atom. The zero-order valence-electron chi connectivity index (χ0n) is 19.0. The van der Waals surface area contributed by atoms with Gasteiger partial charge in [-0.05, 0) is 32.1 Å². The predicted octanol–water partition coefficient (Wildman–Crippen LogP) is 8.00. The van der Waals surface area contributed by atoms with E-state index >= 15 is 0 Å². The summed E-state index contributed by atoms with van der Waals surface area (Å²) in [6, 6.07) is 0. The van der Waals surface area contributed by atoms with E-state index in [1.165, 1.54) is 109 Å². The van der Waals surface area contributed by atoms with E-state index in [1.54, 1.807) is 0 Å². The lowest BCUT2D eigenvalue weighted by Gasteiger charge is -2.21. The molecule has 0 fully saturated rings. The summed E-state index contributed by atoms with van der Waals surface area (Å²) >= 11 is 0. The Hall–Kier alpha value is -0.340. The summed E-state index contributed by atoms with van der Waals surface area (Å²) < 4.78 is 0. The standard InChI is InChI=1S/C25H52N2/c1-3-5-6-7-8-9-10-11-12-13-14-15-16-17-18-19-20-21-22-23-24-25(26,27)4-2/h21-22H,3-20,23-24,26-27H2,1-2H3. The Morgan fingerprint density at radius 2 is 0.889 bits per heavy atom. The van der Waals surface area contributed by atoms with Crippen LogP contribution in [0.1, 0.15) is 142 Å². The smallest absolute Gasteiger partial charge is 0.0636 e. The quantitative estimate of drug-likeness (QED) is 0.120. The molecule has 0 aliphatic carbocycles. The minimum atomic E-state index is -0.474. The van der Waals surface area contributed by atoms with E-state index < -0.39 is 5.66 Å². The van der Waals surface area contributed by atoms with Crippen LogP contribution < -0.4 is 11.5 Å². The third-order valence-corrected chi connectivity index (χ3v) is 5.83. The number of hydrogen-bond acceptors (Lipinski definition) is 2. The maximum Gasteiger partial charge on any atom is 0.0636 e. The predicted molar refractivity (Wildman–Crippen MR) is 124 cm³/mol. The van der Waals surface area contributed by atoms with Crippen LogP contribution in [0, 0.1) is 0 Å². The van der Waals surface area contributed by atoms with Crippen molar-refractivity contribution in [3.63, 3.8) is 0 Å². The zero-order chi connectivity index (χ0) is 20.1. The molecule has 2 heteroatoms. The van der Waals surface area contributed by atoms with Crippen molar-refractivity contribution >= 4 is 0 Å². The molecular weight excluding hydrogens is 328 g/mol. The number of allylic oxidation sites excluding steroid dienone is 2. The normalized spacial score (nSPS) is 12.3. The van der Waals surface area contributed by atoms with Crippen molar-refractivity contribution in [3.8, 4) is 0 Å². The second-order valence-electron chi connectivity index (χ2n) is 8.69. The van der Waals surface area contributed by atoms with Crippen molar-refractivity contribution in [3.05, 3.63) is 12.2 Å². The molecule has 0 aliphatic rings. The van der Waals surface area contributed by atoms with Crippen LogP contribution in [-0.4, -0.2) is 5.66 Å². The van der Waals surface area contributed by atoms with Gasteiger partial charge in [-0.15, -0.1) is 0 Å². The molecule has 0 radical (unpaired) electrons. The van der Waals surface area contributed by atoms with Crippen molar-refractivity contribution in [1.29, 1.82) is 0 Å². The molecule has 4 N–H and O–H groups in total. The lowest BCUT2D eigenvalue weighted by Crippen LogP contribution is -2.48. The first-order valence-electron chi connectivity index (χ1n) is 12.3. The first kappa shape index (κ1) is 26.7. The highest BCUT2D eigenvalue weighted by Crippen LogP contribution is 2.14. The van der Waals surface area contributed by atoms with Crippen LogP contribution in [0.25, 0.3) is 0 Å². The highest BCUT2D eigenvalue weighted by Gasteiger charge is 2.13. The third kappa shape index (κ3) is 21.8. The van der Waals surface area contributed by atoms with Gasteiger partial charge in [0.1, 0.15) is 0 Å². The topological polar surface area (TPSA) is 52.0 Å². The summed E-state index contributed by atoms with van der Waals surface area (Å²) in [5.74, 6) is 0. The van der Waals surface area contributed by atoms with E-state index in [-0.39, 0.29) is 0 Å². The van der Waals surface area contributed by atoms with Gasteiger partial charge in [0, 0.05) is 0 Å². The Bertz CT molecular complexity index is 309. The molecule has 0 atom stereocenters. The van der Waals surface area contributed by atoms with Crippen LogP contribution in [0.15, 0.2) is 12.2 Å². The second-order valence-corrected chi connectivity index (χ2v) is 8.69. The molecular formula is C25H52N2. The lowest BCUT2D eigenvalue weighted by atomic mass is 10.0.